The van der Waals surface area contributed by atoms with Gasteiger partial charge in [0.05, 0.1) is 0 Å². The third kappa shape index (κ3) is 2.23. The van der Waals surface area contributed by atoms with E-state index in [9.17, 15) is 0 Å². The van der Waals surface area contributed by atoms with Crippen LogP contribution in [-0.2, 0) is 0 Å². The normalized spacial score (nSPS) is 21.1. The lowest BCUT2D eigenvalue weighted by Crippen LogP contribution is -2.29. The molecule has 76 valence electrons. The van der Waals surface area contributed by atoms with Gasteiger partial charge < -0.3 is 10.6 Å². The second kappa shape index (κ2) is 4.42. The van der Waals surface area contributed by atoms with Crippen molar-refractivity contribution in [1.29, 1.82) is 0 Å². The van der Waals surface area contributed by atoms with Crippen LogP contribution in [0.4, 0.5) is 5.82 Å². The smallest absolute Gasteiger partial charge is 0.128 e. The van der Waals surface area contributed by atoms with Crippen LogP contribution >= 0.6 is 0 Å². The van der Waals surface area contributed by atoms with Gasteiger partial charge in [0, 0.05) is 18.8 Å². The molecular formula is C11H17N3. The Morgan fingerprint density at radius 2 is 2.57 bits per heavy atom. The number of nitrogens with zero attached hydrogens (tertiary/aromatic N) is 1. The molecule has 1 atom stereocenters. The van der Waals surface area contributed by atoms with E-state index in [-0.39, 0.29) is 0 Å². The first kappa shape index (κ1) is 9.46. The highest BCUT2D eigenvalue weighted by molar-refractivity contribution is 5.42. The molecule has 0 amide bonds. The van der Waals surface area contributed by atoms with Crippen molar-refractivity contribution in [2.45, 2.75) is 25.8 Å². The fourth-order valence-corrected chi connectivity index (χ4v) is 1.82. The zero-order chi connectivity index (χ0) is 9.80. The molecule has 1 fully saturated rings. The number of pyridine rings is 1. The molecule has 2 heterocycles. The fourth-order valence-electron chi connectivity index (χ4n) is 1.82. The molecule has 0 spiro atoms. The Morgan fingerprint density at radius 1 is 1.64 bits per heavy atom. The van der Waals surface area contributed by atoms with E-state index in [0.717, 1.165) is 18.9 Å². The Bertz CT molecular complexity index is 292. The topological polar surface area (TPSA) is 37.0 Å². The minimum absolute atomic E-state index is 0.622. The van der Waals surface area contributed by atoms with Crippen LogP contribution in [0.2, 0.25) is 0 Å². The molecule has 1 aromatic heterocycles. The highest BCUT2D eigenvalue weighted by Gasteiger charge is 2.13. The van der Waals surface area contributed by atoms with Crippen LogP contribution in [-0.4, -0.2) is 24.1 Å². The predicted molar refractivity (Wildman–Crippen MR) is 58.5 cm³/mol. The lowest BCUT2D eigenvalue weighted by atomic mass is 10.2. The van der Waals surface area contributed by atoms with Crippen molar-refractivity contribution < 1.29 is 0 Å². The van der Waals surface area contributed by atoms with Crippen molar-refractivity contribution in [3.05, 3.63) is 23.9 Å². The molecule has 0 saturated carbocycles. The average molecular weight is 191 g/mol. The molecule has 3 nitrogen and oxygen atoms in total. The molecule has 0 aliphatic carbocycles. The molecular weight excluding hydrogens is 174 g/mol. The molecule has 14 heavy (non-hydrogen) atoms. The van der Waals surface area contributed by atoms with E-state index < -0.39 is 0 Å². The van der Waals surface area contributed by atoms with Gasteiger partial charge in [-0.2, -0.15) is 0 Å². The maximum Gasteiger partial charge on any atom is 0.128 e. The van der Waals surface area contributed by atoms with E-state index in [1.165, 1.54) is 18.4 Å². The van der Waals surface area contributed by atoms with Crippen LogP contribution in [0.5, 0.6) is 0 Å². The summed E-state index contributed by atoms with van der Waals surface area (Å²) in [5.74, 6) is 1.02. The number of hydrogen-bond donors (Lipinski definition) is 2. The second-order valence-electron chi connectivity index (χ2n) is 3.84. The maximum absolute atomic E-state index is 4.30. The van der Waals surface area contributed by atoms with Crippen LogP contribution in [0, 0.1) is 6.92 Å². The maximum atomic E-state index is 4.30. The number of hydrogen-bond acceptors (Lipinski definition) is 3. The van der Waals surface area contributed by atoms with Gasteiger partial charge in [0.2, 0.25) is 0 Å². The second-order valence-corrected chi connectivity index (χ2v) is 3.84. The summed E-state index contributed by atoms with van der Waals surface area (Å²) in [5, 5.41) is 6.84. The minimum atomic E-state index is 0.622. The number of aromatic nitrogens is 1. The van der Waals surface area contributed by atoms with Gasteiger partial charge in [-0.3, -0.25) is 0 Å². The van der Waals surface area contributed by atoms with Gasteiger partial charge in [-0.05, 0) is 37.9 Å². The first-order chi connectivity index (χ1) is 6.86. The highest BCUT2D eigenvalue weighted by atomic mass is 15.0. The minimum Gasteiger partial charge on any atom is -0.368 e. The zero-order valence-electron chi connectivity index (χ0n) is 8.59. The molecule has 2 N–H and O–H groups in total. The molecule has 0 radical (unpaired) electrons. The molecule has 1 aliphatic heterocycles. The molecule has 2 rings (SSSR count). The van der Waals surface area contributed by atoms with E-state index in [1.54, 1.807) is 0 Å². The molecule has 1 aliphatic rings. The summed E-state index contributed by atoms with van der Waals surface area (Å²) in [6.07, 6.45) is 4.41. The third-order valence-electron chi connectivity index (χ3n) is 2.69. The number of aryl methyl sites for hydroxylation is 1. The van der Waals surface area contributed by atoms with Gasteiger partial charge in [0.15, 0.2) is 0 Å². The van der Waals surface area contributed by atoms with E-state index >= 15 is 0 Å². The molecule has 0 bridgehead atoms. The van der Waals surface area contributed by atoms with Gasteiger partial charge in [0.25, 0.3) is 0 Å². The summed E-state index contributed by atoms with van der Waals surface area (Å²) in [4.78, 5) is 4.30. The average Bonchev–Trinajstić information content (AvgIpc) is 2.69. The SMILES string of the molecule is Cc1cccnc1NCC1CCCN1. The molecule has 3 heteroatoms. The van der Waals surface area contributed by atoms with E-state index in [0.29, 0.717) is 6.04 Å². The van der Waals surface area contributed by atoms with Gasteiger partial charge in [0.1, 0.15) is 5.82 Å². The molecule has 1 aromatic rings. The number of anilines is 1. The van der Waals surface area contributed by atoms with Crippen LogP contribution in [0.1, 0.15) is 18.4 Å². The standard InChI is InChI=1S/C11H17N3/c1-9-4-2-7-13-11(9)14-8-10-5-3-6-12-10/h2,4,7,10,12H,3,5-6,8H2,1H3,(H,13,14). The van der Waals surface area contributed by atoms with Crippen LogP contribution < -0.4 is 10.6 Å². The van der Waals surface area contributed by atoms with Gasteiger partial charge in [-0.25, -0.2) is 4.98 Å². The van der Waals surface area contributed by atoms with Crippen molar-refractivity contribution >= 4 is 5.82 Å². The van der Waals surface area contributed by atoms with Crippen molar-refractivity contribution in [2.24, 2.45) is 0 Å². The van der Waals surface area contributed by atoms with Crippen LogP contribution in [0.25, 0.3) is 0 Å². The molecule has 1 unspecified atom stereocenters. The van der Waals surface area contributed by atoms with Crippen molar-refractivity contribution in [1.82, 2.24) is 10.3 Å². The first-order valence-electron chi connectivity index (χ1n) is 5.25. The summed E-state index contributed by atoms with van der Waals surface area (Å²) in [5.41, 5.74) is 1.21. The van der Waals surface area contributed by atoms with Crippen molar-refractivity contribution in [3.63, 3.8) is 0 Å². The Kier molecular flexibility index (Phi) is 2.99. The zero-order valence-corrected chi connectivity index (χ0v) is 8.59. The van der Waals surface area contributed by atoms with E-state index in [4.69, 9.17) is 0 Å². The summed E-state index contributed by atoms with van der Waals surface area (Å²) in [6.45, 7) is 4.23. The lowest BCUT2D eigenvalue weighted by molar-refractivity contribution is 0.632. The van der Waals surface area contributed by atoms with Crippen LogP contribution in [0.3, 0.4) is 0 Å². The predicted octanol–water partition coefficient (Wildman–Crippen LogP) is 1.55. The van der Waals surface area contributed by atoms with Crippen LogP contribution in [0.15, 0.2) is 18.3 Å². The summed E-state index contributed by atoms with van der Waals surface area (Å²) >= 11 is 0. The van der Waals surface area contributed by atoms with Gasteiger partial charge >= 0.3 is 0 Å². The fraction of sp³-hybridized carbons (Fsp3) is 0.545. The first-order valence-corrected chi connectivity index (χ1v) is 5.25. The van der Waals surface area contributed by atoms with Gasteiger partial charge in [-0.1, -0.05) is 6.07 Å². The van der Waals surface area contributed by atoms with E-state index in [1.807, 2.05) is 12.3 Å². The Balaban J connectivity index is 1.88. The summed E-state index contributed by atoms with van der Waals surface area (Å²) in [7, 11) is 0. The quantitative estimate of drug-likeness (QED) is 0.761. The number of rotatable bonds is 3. The van der Waals surface area contributed by atoms with Crippen molar-refractivity contribution in [2.75, 3.05) is 18.4 Å². The Morgan fingerprint density at radius 3 is 3.29 bits per heavy atom. The lowest BCUT2D eigenvalue weighted by Gasteiger charge is -2.13. The third-order valence-corrected chi connectivity index (χ3v) is 2.69. The van der Waals surface area contributed by atoms with Gasteiger partial charge in [-0.15, -0.1) is 0 Å². The number of nitrogens with one attached hydrogen (secondary N) is 2. The molecule has 0 aromatic carbocycles. The summed E-state index contributed by atoms with van der Waals surface area (Å²) < 4.78 is 0. The van der Waals surface area contributed by atoms with E-state index in [2.05, 4.69) is 28.6 Å². The largest absolute Gasteiger partial charge is 0.368 e. The Labute approximate surface area is 84.9 Å². The summed E-state index contributed by atoms with van der Waals surface area (Å²) in [6, 6.07) is 4.67. The van der Waals surface area contributed by atoms with Crippen molar-refractivity contribution in [3.8, 4) is 0 Å². The Hall–Kier alpha value is -1.09. The molecule has 1 saturated heterocycles. The monoisotopic (exact) mass is 191 g/mol. The highest BCUT2D eigenvalue weighted by Crippen LogP contribution is 2.11.